The van der Waals surface area contributed by atoms with Crippen LogP contribution in [0.5, 0.6) is 0 Å². The molecule has 186 valence electrons. The molecule has 3 aliphatic rings. The average molecular weight is 514 g/mol. The predicted octanol–water partition coefficient (Wildman–Crippen LogP) is 4.68. The Kier molecular flexibility index (Phi) is 5.80. The van der Waals surface area contributed by atoms with Crippen LogP contribution in [-0.2, 0) is 16.1 Å². The zero-order valence-electron chi connectivity index (χ0n) is 20.0. The van der Waals surface area contributed by atoms with Crippen LogP contribution in [0.15, 0.2) is 72.8 Å². The van der Waals surface area contributed by atoms with Gasteiger partial charge in [-0.25, -0.2) is 0 Å². The summed E-state index contributed by atoms with van der Waals surface area (Å²) < 4.78 is 0. The average Bonchev–Trinajstić information content (AvgIpc) is 3.46. The second-order valence-corrected chi connectivity index (χ2v) is 10.1. The molecule has 2 aliphatic heterocycles. The minimum Gasteiger partial charge on any atom is -0.306 e. The Labute approximate surface area is 219 Å². The molecule has 4 amide bonds. The van der Waals surface area contributed by atoms with Crippen molar-refractivity contribution in [3.05, 3.63) is 94.5 Å². The van der Waals surface area contributed by atoms with E-state index in [0.29, 0.717) is 46.9 Å². The van der Waals surface area contributed by atoms with Gasteiger partial charge in [-0.15, -0.1) is 0 Å². The Morgan fingerprint density at radius 3 is 2.08 bits per heavy atom. The van der Waals surface area contributed by atoms with Crippen molar-refractivity contribution in [3.63, 3.8) is 0 Å². The van der Waals surface area contributed by atoms with Gasteiger partial charge in [0.2, 0.25) is 11.8 Å². The molecule has 0 N–H and O–H groups in total. The fourth-order valence-electron chi connectivity index (χ4n) is 5.78. The Morgan fingerprint density at radius 2 is 1.41 bits per heavy atom. The monoisotopic (exact) mass is 513 g/mol. The van der Waals surface area contributed by atoms with Crippen LogP contribution in [0, 0.1) is 5.92 Å². The smallest absolute Gasteiger partial charge is 0.262 e. The number of carbonyl (C=O) groups is 4. The van der Waals surface area contributed by atoms with E-state index >= 15 is 0 Å². The van der Waals surface area contributed by atoms with Crippen LogP contribution in [0.1, 0.15) is 45.5 Å². The number of halogens is 1. The highest BCUT2D eigenvalue weighted by Crippen LogP contribution is 2.43. The lowest BCUT2D eigenvalue weighted by Gasteiger charge is -2.31. The van der Waals surface area contributed by atoms with Crippen LogP contribution in [0.25, 0.3) is 0 Å². The van der Waals surface area contributed by atoms with Crippen molar-refractivity contribution >= 4 is 46.6 Å². The summed E-state index contributed by atoms with van der Waals surface area (Å²) in [5.74, 6) is -1.72. The number of hydrogen-bond donors (Lipinski definition) is 0. The number of fused-ring (bicyclic) bond motifs is 3. The summed E-state index contributed by atoms with van der Waals surface area (Å²) >= 11 is 6.06. The summed E-state index contributed by atoms with van der Waals surface area (Å²) in [6.07, 6.45) is 2.16. The first-order chi connectivity index (χ1) is 17.9. The number of imide groups is 1. The molecule has 8 heteroatoms. The van der Waals surface area contributed by atoms with Crippen molar-refractivity contribution in [3.8, 4) is 0 Å². The van der Waals surface area contributed by atoms with E-state index < -0.39 is 11.8 Å². The van der Waals surface area contributed by atoms with Gasteiger partial charge in [0, 0.05) is 11.1 Å². The van der Waals surface area contributed by atoms with Gasteiger partial charge < -0.3 is 9.80 Å². The number of hydrogen-bond acceptors (Lipinski definition) is 4. The Hall–Kier alpha value is -3.97. The lowest BCUT2D eigenvalue weighted by molar-refractivity contribution is -0.123. The third-order valence-corrected chi connectivity index (χ3v) is 7.77. The molecule has 0 saturated heterocycles. The van der Waals surface area contributed by atoms with Crippen LogP contribution in [0.2, 0.25) is 5.02 Å². The first-order valence-electron chi connectivity index (χ1n) is 12.4. The maximum atomic E-state index is 13.9. The van der Waals surface area contributed by atoms with Crippen molar-refractivity contribution in [2.24, 2.45) is 5.92 Å². The van der Waals surface area contributed by atoms with Crippen molar-refractivity contribution < 1.29 is 19.2 Å². The summed E-state index contributed by atoms with van der Waals surface area (Å²) in [6, 6.07) is 21.0. The summed E-state index contributed by atoms with van der Waals surface area (Å²) in [5, 5.41) is 0.618. The van der Waals surface area contributed by atoms with Gasteiger partial charge in [-0.2, -0.15) is 0 Å². The van der Waals surface area contributed by atoms with E-state index in [4.69, 9.17) is 11.6 Å². The fraction of sp³-hybridized carbons (Fsp3) is 0.241. The molecule has 0 unspecified atom stereocenters. The number of benzene rings is 3. The molecule has 0 radical (unpaired) electrons. The molecule has 0 aromatic heterocycles. The van der Waals surface area contributed by atoms with Crippen LogP contribution in [0.4, 0.5) is 11.4 Å². The summed E-state index contributed by atoms with van der Waals surface area (Å²) in [4.78, 5) is 58.1. The maximum absolute atomic E-state index is 13.9. The quantitative estimate of drug-likeness (QED) is 0.474. The highest BCUT2D eigenvalue weighted by molar-refractivity contribution is 6.30. The molecular weight excluding hydrogens is 490 g/mol. The van der Waals surface area contributed by atoms with Crippen molar-refractivity contribution in [2.75, 3.05) is 16.3 Å². The molecule has 37 heavy (non-hydrogen) atoms. The Balaban J connectivity index is 1.37. The van der Waals surface area contributed by atoms with Gasteiger partial charge in [-0.3, -0.25) is 24.1 Å². The molecule has 7 nitrogen and oxygen atoms in total. The van der Waals surface area contributed by atoms with Gasteiger partial charge in [0.15, 0.2) is 0 Å². The lowest BCUT2D eigenvalue weighted by Crippen LogP contribution is -2.49. The standard InChI is InChI=1S/C29H24ClN3O4/c30-19-14-12-18(13-15-19)16-31-24-9-3-4-10-25(24)33(23-11-5-8-22(23)29(31)37)26(34)17-32-27(35)20-6-1-2-7-21(20)28(32)36/h1-4,6-7,9-10,12-15,22-23H,5,8,11,16-17H2/t22-,23+/m0/s1. The summed E-state index contributed by atoms with van der Waals surface area (Å²) in [5.41, 5.74) is 2.78. The largest absolute Gasteiger partial charge is 0.306 e. The van der Waals surface area contributed by atoms with E-state index in [1.54, 1.807) is 46.2 Å². The SMILES string of the molecule is O=C1c2ccccc2C(=O)N1CC(=O)N1c2ccccc2N(Cc2ccc(Cl)cc2)C(=O)[C@H]2CCC[C@H]21. The van der Waals surface area contributed by atoms with Crippen LogP contribution >= 0.6 is 11.6 Å². The molecule has 0 bridgehead atoms. The van der Waals surface area contributed by atoms with Gasteiger partial charge in [-0.1, -0.05) is 54.4 Å². The Bertz CT molecular complexity index is 1400. The zero-order valence-corrected chi connectivity index (χ0v) is 20.7. The van der Waals surface area contributed by atoms with E-state index in [2.05, 4.69) is 0 Å². The van der Waals surface area contributed by atoms with Crippen molar-refractivity contribution in [1.29, 1.82) is 0 Å². The fourth-order valence-corrected chi connectivity index (χ4v) is 5.91. The molecular formula is C29H24ClN3O4. The van der Waals surface area contributed by atoms with E-state index in [9.17, 15) is 19.2 Å². The molecule has 3 aromatic carbocycles. The topological polar surface area (TPSA) is 78.0 Å². The normalized spacial score (nSPS) is 20.6. The van der Waals surface area contributed by atoms with E-state index in [1.165, 1.54) is 0 Å². The number of rotatable bonds is 4. The van der Waals surface area contributed by atoms with Gasteiger partial charge in [0.1, 0.15) is 6.54 Å². The minimum atomic E-state index is -0.472. The number of amides is 4. The first kappa shape index (κ1) is 23.4. The second kappa shape index (κ2) is 9.16. The molecule has 3 aromatic rings. The van der Waals surface area contributed by atoms with Crippen LogP contribution in [-0.4, -0.2) is 41.1 Å². The van der Waals surface area contributed by atoms with Gasteiger partial charge >= 0.3 is 0 Å². The minimum absolute atomic E-state index is 0.0269. The molecule has 1 aliphatic carbocycles. The molecule has 6 rings (SSSR count). The summed E-state index contributed by atoms with van der Waals surface area (Å²) in [7, 11) is 0. The third kappa shape index (κ3) is 3.90. The van der Waals surface area contributed by atoms with Crippen LogP contribution in [0.3, 0.4) is 0 Å². The van der Waals surface area contributed by atoms with E-state index in [-0.39, 0.29) is 30.3 Å². The van der Waals surface area contributed by atoms with E-state index in [1.807, 2.05) is 36.4 Å². The third-order valence-electron chi connectivity index (χ3n) is 7.52. The highest BCUT2D eigenvalue weighted by Gasteiger charge is 2.46. The predicted molar refractivity (Wildman–Crippen MR) is 140 cm³/mol. The highest BCUT2D eigenvalue weighted by atomic mass is 35.5. The van der Waals surface area contributed by atoms with Crippen molar-refractivity contribution in [2.45, 2.75) is 31.8 Å². The molecule has 0 spiro atoms. The molecule has 1 fully saturated rings. The first-order valence-corrected chi connectivity index (χ1v) is 12.7. The van der Waals surface area contributed by atoms with Gasteiger partial charge in [0.05, 0.1) is 35.0 Å². The number of nitrogens with zero attached hydrogens (tertiary/aromatic N) is 3. The van der Waals surface area contributed by atoms with E-state index in [0.717, 1.165) is 16.9 Å². The molecule has 1 saturated carbocycles. The maximum Gasteiger partial charge on any atom is 0.262 e. The molecule has 2 heterocycles. The second-order valence-electron chi connectivity index (χ2n) is 9.65. The van der Waals surface area contributed by atoms with Gasteiger partial charge in [0.25, 0.3) is 11.8 Å². The number of anilines is 2. The van der Waals surface area contributed by atoms with Crippen molar-refractivity contribution in [1.82, 2.24) is 4.90 Å². The zero-order chi connectivity index (χ0) is 25.7. The number of para-hydroxylation sites is 2. The summed E-state index contributed by atoms with van der Waals surface area (Å²) in [6.45, 7) is -0.0358. The van der Waals surface area contributed by atoms with Gasteiger partial charge in [-0.05, 0) is 54.8 Å². The number of carbonyl (C=O) groups excluding carboxylic acids is 4. The Morgan fingerprint density at radius 1 is 0.784 bits per heavy atom. The van der Waals surface area contributed by atoms with Crippen LogP contribution < -0.4 is 9.80 Å². The lowest BCUT2D eigenvalue weighted by atomic mass is 10.0. The molecule has 2 atom stereocenters.